The molecular weight excluding hydrogens is 248 g/mol. The van der Waals surface area contributed by atoms with Crippen molar-refractivity contribution in [1.29, 1.82) is 0 Å². The summed E-state index contributed by atoms with van der Waals surface area (Å²) in [4.78, 5) is 14.5. The van der Waals surface area contributed by atoms with Crippen LogP contribution in [0.2, 0.25) is 0 Å². The van der Waals surface area contributed by atoms with E-state index < -0.39 is 0 Å². The van der Waals surface area contributed by atoms with Crippen LogP contribution in [-0.2, 0) is 11.2 Å². The van der Waals surface area contributed by atoms with Gasteiger partial charge in [0.15, 0.2) is 5.88 Å². The maximum absolute atomic E-state index is 10.4. The van der Waals surface area contributed by atoms with E-state index in [2.05, 4.69) is 20.9 Å². The predicted molar refractivity (Wildman–Crippen MR) is 54.3 cm³/mol. The van der Waals surface area contributed by atoms with E-state index in [0.29, 0.717) is 10.4 Å². The molecule has 2 heterocycles. The molecule has 0 saturated heterocycles. The van der Waals surface area contributed by atoms with Gasteiger partial charge in [0.1, 0.15) is 16.7 Å². The number of halogens is 1. The number of carbonyl (C=O) groups is 1. The van der Waals surface area contributed by atoms with Gasteiger partial charge in [-0.2, -0.15) is 0 Å². The van der Waals surface area contributed by atoms with Crippen molar-refractivity contribution in [3.8, 4) is 5.88 Å². The minimum Gasteiger partial charge on any atom is -0.494 e. The normalized spacial score (nSPS) is 10.6. The van der Waals surface area contributed by atoms with E-state index in [9.17, 15) is 9.90 Å². The minimum absolute atomic E-state index is 0.0811. The van der Waals surface area contributed by atoms with Gasteiger partial charge >= 0.3 is 0 Å². The molecule has 0 spiro atoms. The minimum atomic E-state index is 0.0811. The van der Waals surface area contributed by atoms with E-state index >= 15 is 0 Å². The van der Waals surface area contributed by atoms with Crippen LogP contribution in [0.4, 0.5) is 0 Å². The lowest BCUT2D eigenvalue weighted by molar-refractivity contribution is -0.107. The molecule has 0 fully saturated rings. The summed E-state index contributed by atoms with van der Waals surface area (Å²) in [5, 5.41) is 9.58. The molecule has 14 heavy (non-hydrogen) atoms. The van der Waals surface area contributed by atoms with Crippen LogP contribution in [0.1, 0.15) is 5.82 Å². The number of pyridine rings is 1. The molecule has 2 aromatic rings. The molecule has 4 nitrogen and oxygen atoms in total. The Morgan fingerprint density at radius 3 is 3.07 bits per heavy atom. The molecule has 0 unspecified atom stereocenters. The lowest BCUT2D eigenvalue weighted by atomic mass is 10.4. The highest BCUT2D eigenvalue weighted by atomic mass is 79.9. The molecule has 0 saturated carbocycles. The van der Waals surface area contributed by atoms with Crippen LogP contribution in [-0.4, -0.2) is 20.8 Å². The first kappa shape index (κ1) is 9.21. The Labute approximate surface area is 88.3 Å². The third-order valence-corrected chi connectivity index (χ3v) is 2.52. The largest absolute Gasteiger partial charge is 0.494 e. The number of fused-ring (bicyclic) bond motifs is 1. The number of hydrogen-bond acceptors (Lipinski definition) is 3. The summed E-state index contributed by atoms with van der Waals surface area (Å²) in [6.45, 7) is 0. The van der Waals surface area contributed by atoms with E-state index in [4.69, 9.17) is 0 Å². The second kappa shape index (κ2) is 3.42. The van der Waals surface area contributed by atoms with Crippen LogP contribution >= 0.6 is 15.9 Å². The molecule has 0 atom stereocenters. The Kier molecular flexibility index (Phi) is 2.25. The average molecular weight is 255 g/mol. The van der Waals surface area contributed by atoms with Gasteiger partial charge in [0.25, 0.3) is 0 Å². The van der Waals surface area contributed by atoms with Gasteiger partial charge in [-0.05, 0) is 28.1 Å². The average Bonchev–Trinajstić information content (AvgIpc) is 2.46. The molecule has 72 valence electrons. The summed E-state index contributed by atoms with van der Waals surface area (Å²) in [5.74, 6) is 0.609. The van der Waals surface area contributed by atoms with Gasteiger partial charge in [-0.3, -0.25) is 4.40 Å². The van der Waals surface area contributed by atoms with Crippen LogP contribution in [0.5, 0.6) is 5.88 Å². The predicted octanol–water partition coefficient (Wildman–Crippen LogP) is 1.54. The van der Waals surface area contributed by atoms with Gasteiger partial charge in [-0.1, -0.05) is 6.07 Å². The Bertz CT molecular complexity index is 493. The molecule has 2 rings (SSSR count). The fraction of sp³-hybridized carbons (Fsp3) is 0.111. The molecule has 0 radical (unpaired) electrons. The number of imidazole rings is 1. The zero-order chi connectivity index (χ0) is 10.1. The van der Waals surface area contributed by atoms with Crippen molar-refractivity contribution >= 4 is 27.7 Å². The summed E-state index contributed by atoms with van der Waals surface area (Å²) in [5.41, 5.74) is 0.752. The quantitative estimate of drug-likeness (QED) is 0.828. The van der Waals surface area contributed by atoms with Crippen molar-refractivity contribution in [2.24, 2.45) is 0 Å². The molecule has 0 aliphatic carbocycles. The topological polar surface area (TPSA) is 54.6 Å². The summed E-state index contributed by atoms with van der Waals surface area (Å²) in [6, 6.07) is 5.09. The highest BCUT2D eigenvalue weighted by Gasteiger charge is 2.10. The van der Waals surface area contributed by atoms with Gasteiger partial charge in [0.05, 0.1) is 11.9 Å². The smallest absolute Gasteiger partial charge is 0.197 e. The SMILES string of the molecule is O=CCc1nc(Br)c2cccc(O)n12. The third-order valence-electron chi connectivity index (χ3n) is 1.93. The Morgan fingerprint density at radius 2 is 2.36 bits per heavy atom. The molecule has 1 N–H and O–H groups in total. The van der Waals surface area contributed by atoms with E-state index in [1.54, 1.807) is 16.5 Å². The number of aromatic hydroxyl groups is 1. The van der Waals surface area contributed by atoms with Gasteiger partial charge in [0.2, 0.25) is 0 Å². The van der Waals surface area contributed by atoms with Crippen molar-refractivity contribution in [2.75, 3.05) is 0 Å². The van der Waals surface area contributed by atoms with Crippen LogP contribution in [0, 0.1) is 0 Å². The van der Waals surface area contributed by atoms with Crippen LogP contribution in [0.25, 0.3) is 5.52 Å². The van der Waals surface area contributed by atoms with Gasteiger partial charge in [-0.25, -0.2) is 4.98 Å². The van der Waals surface area contributed by atoms with Crippen molar-refractivity contribution in [2.45, 2.75) is 6.42 Å². The van der Waals surface area contributed by atoms with Gasteiger partial charge in [-0.15, -0.1) is 0 Å². The molecule has 0 aliphatic rings. The number of aromatic nitrogens is 2. The van der Waals surface area contributed by atoms with Crippen molar-refractivity contribution in [3.05, 3.63) is 28.6 Å². The van der Waals surface area contributed by atoms with E-state index in [-0.39, 0.29) is 12.3 Å². The molecule has 0 aromatic carbocycles. The zero-order valence-corrected chi connectivity index (χ0v) is 8.73. The fourth-order valence-electron chi connectivity index (χ4n) is 1.36. The number of rotatable bonds is 2. The van der Waals surface area contributed by atoms with Crippen molar-refractivity contribution in [1.82, 2.24) is 9.38 Å². The molecule has 0 aliphatic heterocycles. The summed E-state index contributed by atoms with van der Waals surface area (Å²) < 4.78 is 2.17. The van der Waals surface area contributed by atoms with E-state index in [1.165, 1.54) is 0 Å². The number of carbonyl (C=O) groups excluding carboxylic acids is 1. The Morgan fingerprint density at radius 1 is 1.57 bits per heavy atom. The lowest BCUT2D eigenvalue weighted by Gasteiger charge is -1.99. The highest BCUT2D eigenvalue weighted by molar-refractivity contribution is 9.10. The Balaban J connectivity index is 2.78. The number of hydrogen-bond donors (Lipinski definition) is 1. The van der Waals surface area contributed by atoms with Crippen molar-refractivity contribution in [3.63, 3.8) is 0 Å². The van der Waals surface area contributed by atoms with Crippen LogP contribution in [0.3, 0.4) is 0 Å². The van der Waals surface area contributed by atoms with Crippen LogP contribution < -0.4 is 0 Å². The second-order valence-corrected chi connectivity index (χ2v) is 3.55. The monoisotopic (exact) mass is 254 g/mol. The van der Waals surface area contributed by atoms with Gasteiger partial charge in [0, 0.05) is 0 Å². The van der Waals surface area contributed by atoms with E-state index in [1.807, 2.05) is 6.07 Å². The standard InChI is InChI=1S/C9H7BrN2O2/c10-9-6-2-1-3-8(14)12(6)7(11-9)4-5-13/h1-3,5,14H,4H2. The molecule has 5 heteroatoms. The second-order valence-electron chi connectivity index (χ2n) is 2.79. The first-order valence-electron chi connectivity index (χ1n) is 4.02. The molecule has 0 amide bonds. The third kappa shape index (κ3) is 1.29. The summed E-state index contributed by atoms with van der Waals surface area (Å²) >= 11 is 3.26. The summed E-state index contributed by atoms with van der Waals surface area (Å²) in [6.07, 6.45) is 0.942. The van der Waals surface area contributed by atoms with E-state index in [0.717, 1.165) is 11.8 Å². The maximum atomic E-state index is 10.4. The summed E-state index contributed by atoms with van der Waals surface area (Å²) in [7, 11) is 0. The fourth-order valence-corrected chi connectivity index (χ4v) is 1.88. The molecule has 0 bridgehead atoms. The number of aldehydes is 1. The highest BCUT2D eigenvalue weighted by Crippen LogP contribution is 2.23. The lowest BCUT2D eigenvalue weighted by Crippen LogP contribution is -1.95. The maximum Gasteiger partial charge on any atom is 0.197 e. The first-order valence-corrected chi connectivity index (χ1v) is 4.82. The molecular formula is C9H7BrN2O2. The zero-order valence-electron chi connectivity index (χ0n) is 7.14. The van der Waals surface area contributed by atoms with Gasteiger partial charge < -0.3 is 9.90 Å². The molecule has 2 aromatic heterocycles. The number of nitrogens with zero attached hydrogens (tertiary/aromatic N) is 2. The van der Waals surface area contributed by atoms with Crippen molar-refractivity contribution < 1.29 is 9.90 Å². The Hall–Kier alpha value is -1.36. The van der Waals surface area contributed by atoms with Crippen LogP contribution in [0.15, 0.2) is 22.8 Å². The first-order chi connectivity index (χ1) is 6.74.